The molecule has 2 heterocycles. The van der Waals surface area contributed by atoms with Crippen LogP contribution in [0.5, 0.6) is 0 Å². The largest absolute Gasteiger partial charge is 0.449 e. The van der Waals surface area contributed by atoms with Crippen molar-refractivity contribution in [1.82, 2.24) is 15.0 Å². The molecular weight excluding hydrogens is 476 g/mol. The number of pyridine rings is 1. The normalized spacial score (nSPS) is 11.6. The van der Waals surface area contributed by atoms with E-state index in [-0.39, 0.29) is 0 Å². The third-order valence-electron chi connectivity index (χ3n) is 6.07. The van der Waals surface area contributed by atoms with Crippen molar-refractivity contribution in [3.63, 3.8) is 0 Å². The first kappa shape index (κ1) is 24.8. The molecule has 0 saturated heterocycles. The standard InChI is InChI=1S/C31H26N4O3/c1-3-26(30(36)35-27-18-20(2)16-17-32-27)38-31(37)23-14-15-24-25(19-23)34-29(22-12-8-5-9-13-22)28(33-24)21-10-6-4-7-11-21/h4-19,26H,3H2,1-2H3,(H,32,35,36). The number of fused-ring (bicyclic) bond motifs is 1. The molecule has 7 nitrogen and oxygen atoms in total. The molecule has 0 fully saturated rings. The first-order valence-electron chi connectivity index (χ1n) is 12.4. The zero-order chi connectivity index (χ0) is 26.5. The molecule has 7 heteroatoms. The maximum atomic E-state index is 13.0. The number of anilines is 1. The summed E-state index contributed by atoms with van der Waals surface area (Å²) in [4.78, 5) is 39.7. The number of hydrogen-bond acceptors (Lipinski definition) is 6. The molecule has 0 aliphatic heterocycles. The summed E-state index contributed by atoms with van der Waals surface area (Å²) >= 11 is 0. The minimum atomic E-state index is -0.966. The quantitative estimate of drug-likeness (QED) is 0.265. The second-order valence-corrected chi connectivity index (χ2v) is 8.87. The van der Waals surface area contributed by atoms with Crippen LogP contribution in [-0.2, 0) is 9.53 Å². The number of amides is 1. The average molecular weight is 503 g/mol. The molecule has 188 valence electrons. The number of nitrogens with zero attached hydrogens (tertiary/aromatic N) is 3. The van der Waals surface area contributed by atoms with Crippen LogP contribution in [0.2, 0.25) is 0 Å². The molecule has 3 aromatic carbocycles. The predicted molar refractivity (Wildman–Crippen MR) is 148 cm³/mol. The van der Waals surface area contributed by atoms with E-state index in [1.807, 2.05) is 73.7 Å². The Morgan fingerprint density at radius 2 is 1.45 bits per heavy atom. The van der Waals surface area contributed by atoms with Crippen molar-refractivity contribution in [3.8, 4) is 22.5 Å². The van der Waals surface area contributed by atoms with Crippen LogP contribution in [0.1, 0.15) is 29.3 Å². The first-order valence-corrected chi connectivity index (χ1v) is 12.4. The van der Waals surface area contributed by atoms with Crippen LogP contribution in [0.4, 0.5) is 5.82 Å². The fourth-order valence-electron chi connectivity index (χ4n) is 4.11. The van der Waals surface area contributed by atoms with Gasteiger partial charge in [0.25, 0.3) is 5.91 Å². The molecule has 5 aromatic rings. The topological polar surface area (TPSA) is 94.1 Å². The predicted octanol–water partition coefficient (Wildman–Crippen LogP) is 6.24. The van der Waals surface area contributed by atoms with Crippen molar-refractivity contribution in [2.75, 3.05) is 5.32 Å². The molecule has 5 rings (SSSR count). The molecule has 38 heavy (non-hydrogen) atoms. The van der Waals surface area contributed by atoms with Gasteiger partial charge in [0, 0.05) is 17.3 Å². The van der Waals surface area contributed by atoms with Crippen molar-refractivity contribution in [3.05, 3.63) is 108 Å². The summed E-state index contributed by atoms with van der Waals surface area (Å²) in [5.74, 6) is -0.632. The van der Waals surface area contributed by atoms with Gasteiger partial charge < -0.3 is 10.1 Å². The van der Waals surface area contributed by atoms with E-state index in [0.29, 0.717) is 34.5 Å². The zero-order valence-corrected chi connectivity index (χ0v) is 21.1. The molecule has 1 amide bonds. The van der Waals surface area contributed by atoms with E-state index in [0.717, 1.165) is 22.4 Å². The zero-order valence-electron chi connectivity index (χ0n) is 21.1. The van der Waals surface area contributed by atoms with Gasteiger partial charge in [-0.3, -0.25) is 4.79 Å². The summed E-state index contributed by atoms with van der Waals surface area (Å²) in [6.45, 7) is 3.69. The lowest BCUT2D eigenvalue weighted by molar-refractivity contribution is -0.124. The smallest absolute Gasteiger partial charge is 0.338 e. The lowest BCUT2D eigenvalue weighted by Crippen LogP contribution is -2.32. The van der Waals surface area contributed by atoms with Crippen LogP contribution in [0.15, 0.2) is 97.2 Å². The van der Waals surface area contributed by atoms with Gasteiger partial charge in [-0.15, -0.1) is 0 Å². The third-order valence-corrected chi connectivity index (χ3v) is 6.07. The maximum absolute atomic E-state index is 13.0. The van der Waals surface area contributed by atoms with Gasteiger partial charge in [0.2, 0.25) is 0 Å². The Kier molecular flexibility index (Phi) is 7.17. The van der Waals surface area contributed by atoms with Gasteiger partial charge in [0.05, 0.1) is 28.0 Å². The molecule has 2 aromatic heterocycles. The number of nitrogens with one attached hydrogen (secondary N) is 1. The number of esters is 1. The minimum Gasteiger partial charge on any atom is -0.449 e. The summed E-state index contributed by atoms with van der Waals surface area (Å²) in [5.41, 5.74) is 5.79. The highest BCUT2D eigenvalue weighted by Crippen LogP contribution is 2.31. The lowest BCUT2D eigenvalue weighted by Gasteiger charge is -2.16. The summed E-state index contributed by atoms with van der Waals surface area (Å²) in [5, 5.41) is 2.72. The summed E-state index contributed by atoms with van der Waals surface area (Å²) < 4.78 is 5.58. The van der Waals surface area contributed by atoms with Crippen LogP contribution >= 0.6 is 0 Å². The Balaban J connectivity index is 1.44. The van der Waals surface area contributed by atoms with E-state index in [1.165, 1.54) is 0 Å². The summed E-state index contributed by atoms with van der Waals surface area (Å²) in [6, 6.07) is 28.3. The molecular formula is C31H26N4O3. The second kappa shape index (κ2) is 11.0. The van der Waals surface area contributed by atoms with Gasteiger partial charge in [0.1, 0.15) is 5.82 Å². The number of hydrogen-bond donors (Lipinski definition) is 1. The van der Waals surface area contributed by atoms with Crippen LogP contribution in [-0.4, -0.2) is 32.9 Å². The number of aromatic nitrogens is 3. The summed E-state index contributed by atoms with van der Waals surface area (Å²) in [6.07, 6.45) is 0.961. The lowest BCUT2D eigenvalue weighted by atomic mass is 10.0. The van der Waals surface area contributed by atoms with Crippen LogP contribution < -0.4 is 5.32 Å². The Labute approximate surface area is 220 Å². The van der Waals surface area contributed by atoms with Crippen molar-refractivity contribution < 1.29 is 14.3 Å². The molecule has 0 aliphatic rings. The van der Waals surface area contributed by atoms with E-state index in [9.17, 15) is 9.59 Å². The van der Waals surface area contributed by atoms with Gasteiger partial charge >= 0.3 is 5.97 Å². The van der Waals surface area contributed by atoms with E-state index in [1.54, 1.807) is 37.4 Å². The number of ether oxygens (including phenoxy) is 1. The van der Waals surface area contributed by atoms with E-state index < -0.39 is 18.0 Å². The molecule has 0 spiro atoms. The fourth-order valence-corrected chi connectivity index (χ4v) is 4.11. The third kappa shape index (κ3) is 5.42. The van der Waals surface area contributed by atoms with E-state index in [2.05, 4.69) is 10.3 Å². The molecule has 1 atom stereocenters. The molecule has 0 aliphatic carbocycles. The number of carbonyl (C=O) groups excluding carboxylic acids is 2. The van der Waals surface area contributed by atoms with Crippen molar-refractivity contribution >= 4 is 28.7 Å². The molecule has 1 unspecified atom stereocenters. The van der Waals surface area contributed by atoms with Gasteiger partial charge in [-0.05, 0) is 49.2 Å². The second-order valence-electron chi connectivity index (χ2n) is 8.87. The molecule has 1 N–H and O–H groups in total. The number of carbonyl (C=O) groups is 2. The van der Waals surface area contributed by atoms with E-state index in [4.69, 9.17) is 14.7 Å². The van der Waals surface area contributed by atoms with Crippen molar-refractivity contribution in [2.45, 2.75) is 26.4 Å². The average Bonchev–Trinajstić information content (AvgIpc) is 2.95. The van der Waals surface area contributed by atoms with Crippen molar-refractivity contribution in [1.29, 1.82) is 0 Å². The van der Waals surface area contributed by atoms with Crippen LogP contribution in [0.3, 0.4) is 0 Å². The Morgan fingerprint density at radius 1 is 0.816 bits per heavy atom. The van der Waals surface area contributed by atoms with Crippen LogP contribution in [0.25, 0.3) is 33.5 Å². The number of aryl methyl sites for hydroxylation is 1. The monoisotopic (exact) mass is 502 g/mol. The number of benzene rings is 3. The first-order chi connectivity index (χ1) is 18.5. The Hall–Kier alpha value is -4.91. The highest BCUT2D eigenvalue weighted by molar-refractivity contribution is 5.99. The van der Waals surface area contributed by atoms with Gasteiger partial charge in [-0.1, -0.05) is 67.6 Å². The van der Waals surface area contributed by atoms with E-state index >= 15 is 0 Å². The highest BCUT2D eigenvalue weighted by Gasteiger charge is 2.23. The Morgan fingerprint density at radius 3 is 2.05 bits per heavy atom. The van der Waals surface area contributed by atoms with Gasteiger partial charge in [-0.25, -0.2) is 19.7 Å². The van der Waals surface area contributed by atoms with Crippen molar-refractivity contribution in [2.24, 2.45) is 0 Å². The fraction of sp³-hybridized carbons (Fsp3) is 0.129. The number of rotatable bonds is 7. The van der Waals surface area contributed by atoms with Gasteiger partial charge in [-0.2, -0.15) is 0 Å². The molecule has 0 bridgehead atoms. The SMILES string of the molecule is CCC(OC(=O)c1ccc2nc(-c3ccccc3)c(-c3ccccc3)nc2c1)C(=O)Nc1cc(C)ccn1. The molecule has 0 saturated carbocycles. The highest BCUT2D eigenvalue weighted by atomic mass is 16.5. The summed E-state index contributed by atoms with van der Waals surface area (Å²) in [7, 11) is 0. The van der Waals surface area contributed by atoms with Crippen LogP contribution in [0, 0.1) is 6.92 Å². The Bertz CT molecular complexity index is 1600. The molecule has 0 radical (unpaired) electrons. The maximum Gasteiger partial charge on any atom is 0.338 e. The minimum absolute atomic E-state index is 0.290. The van der Waals surface area contributed by atoms with Gasteiger partial charge in [0.15, 0.2) is 6.10 Å².